The standard InChI is InChI=1S/C14H15NO3/c1-17-13-5-3-10(7-12(13)9-16)11-4-6-14(18-2)15-8-11/h3-8,16H,9H2,1-2H3. The van der Waals surface area contributed by atoms with Crippen molar-refractivity contribution in [2.75, 3.05) is 14.2 Å². The molecular weight excluding hydrogens is 230 g/mol. The van der Waals surface area contributed by atoms with Gasteiger partial charge in [-0.2, -0.15) is 0 Å². The van der Waals surface area contributed by atoms with Crippen LogP contribution in [0.3, 0.4) is 0 Å². The first-order valence-electron chi connectivity index (χ1n) is 5.56. The monoisotopic (exact) mass is 245 g/mol. The van der Waals surface area contributed by atoms with Gasteiger partial charge in [-0.1, -0.05) is 6.07 Å². The lowest BCUT2D eigenvalue weighted by Crippen LogP contribution is -1.93. The molecule has 1 heterocycles. The van der Waals surface area contributed by atoms with Crippen molar-refractivity contribution in [1.82, 2.24) is 4.98 Å². The van der Waals surface area contributed by atoms with Gasteiger partial charge in [0.2, 0.25) is 5.88 Å². The fraction of sp³-hybridized carbons (Fsp3) is 0.214. The second kappa shape index (κ2) is 5.51. The summed E-state index contributed by atoms with van der Waals surface area (Å²) in [7, 11) is 3.17. The van der Waals surface area contributed by atoms with Gasteiger partial charge in [-0.05, 0) is 23.8 Å². The molecule has 0 atom stereocenters. The van der Waals surface area contributed by atoms with E-state index in [1.807, 2.05) is 24.3 Å². The highest BCUT2D eigenvalue weighted by Gasteiger charge is 2.05. The van der Waals surface area contributed by atoms with Gasteiger partial charge >= 0.3 is 0 Å². The molecule has 1 aromatic carbocycles. The van der Waals surface area contributed by atoms with Crippen LogP contribution < -0.4 is 9.47 Å². The van der Waals surface area contributed by atoms with Crippen molar-refractivity contribution in [2.24, 2.45) is 0 Å². The zero-order valence-corrected chi connectivity index (χ0v) is 10.4. The Hall–Kier alpha value is -2.07. The van der Waals surface area contributed by atoms with E-state index in [-0.39, 0.29) is 6.61 Å². The lowest BCUT2D eigenvalue weighted by molar-refractivity contribution is 0.274. The van der Waals surface area contributed by atoms with Gasteiger partial charge in [0.25, 0.3) is 0 Å². The van der Waals surface area contributed by atoms with Crippen molar-refractivity contribution < 1.29 is 14.6 Å². The third kappa shape index (κ3) is 2.43. The molecule has 2 aromatic rings. The Kier molecular flexibility index (Phi) is 3.79. The van der Waals surface area contributed by atoms with Crippen LogP contribution in [-0.4, -0.2) is 24.3 Å². The molecule has 0 radical (unpaired) electrons. The molecule has 0 amide bonds. The van der Waals surface area contributed by atoms with Crippen molar-refractivity contribution in [3.8, 4) is 22.8 Å². The van der Waals surface area contributed by atoms with Crippen molar-refractivity contribution in [3.63, 3.8) is 0 Å². The van der Waals surface area contributed by atoms with Crippen molar-refractivity contribution in [2.45, 2.75) is 6.61 Å². The van der Waals surface area contributed by atoms with Crippen LogP contribution in [0.2, 0.25) is 0 Å². The van der Waals surface area contributed by atoms with E-state index < -0.39 is 0 Å². The predicted octanol–water partition coefficient (Wildman–Crippen LogP) is 2.26. The average Bonchev–Trinajstić information content (AvgIpc) is 2.46. The summed E-state index contributed by atoms with van der Waals surface area (Å²) < 4.78 is 10.2. The van der Waals surface area contributed by atoms with Crippen molar-refractivity contribution in [1.29, 1.82) is 0 Å². The van der Waals surface area contributed by atoms with Crippen LogP contribution in [0.15, 0.2) is 36.5 Å². The Morgan fingerprint density at radius 1 is 1.06 bits per heavy atom. The Labute approximate surface area is 106 Å². The van der Waals surface area contributed by atoms with E-state index in [1.54, 1.807) is 26.5 Å². The molecule has 0 aliphatic rings. The van der Waals surface area contributed by atoms with Gasteiger partial charge in [-0.25, -0.2) is 4.98 Å². The van der Waals surface area contributed by atoms with Crippen LogP contribution in [0.4, 0.5) is 0 Å². The van der Waals surface area contributed by atoms with Crippen LogP contribution in [0.1, 0.15) is 5.56 Å². The molecule has 1 N–H and O–H groups in total. The predicted molar refractivity (Wildman–Crippen MR) is 68.7 cm³/mol. The van der Waals surface area contributed by atoms with Crippen LogP contribution in [0.5, 0.6) is 11.6 Å². The maximum atomic E-state index is 9.29. The number of benzene rings is 1. The van der Waals surface area contributed by atoms with E-state index >= 15 is 0 Å². The number of rotatable bonds is 4. The summed E-state index contributed by atoms with van der Waals surface area (Å²) in [5, 5.41) is 9.29. The topological polar surface area (TPSA) is 51.6 Å². The maximum Gasteiger partial charge on any atom is 0.212 e. The second-order valence-electron chi connectivity index (χ2n) is 3.77. The molecule has 0 saturated carbocycles. The first-order chi connectivity index (χ1) is 8.78. The van der Waals surface area contributed by atoms with Gasteiger partial charge in [-0.15, -0.1) is 0 Å². The zero-order chi connectivity index (χ0) is 13.0. The summed E-state index contributed by atoms with van der Waals surface area (Å²) in [6, 6.07) is 9.39. The first-order valence-corrected chi connectivity index (χ1v) is 5.56. The van der Waals surface area contributed by atoms with Crippen LogP contribution in [0.25, 0.3) is 11.1 Å². The molecule has 0 unspecified atom stereocenters. The van der Waals surface area contributed by atoms with Gasteiger partial charge in [0, 0.05) is 23.4 Å². The highest BCUT2D eigenvalue weighted by molar-refractivity contribution is 5.65. The minimum absolute atomic E-state index is 0.0550. The number of aliphatic hydroxyl groups is 1. The minimum Gasteiger partial charge on any atom is -0.496 e. The van der Waals surface area contributed by atoms with E-state index in [0.29, 0.717) is 11.6 Å². The normalized spacial score (nSPS) is 10.2. The molecule has 94 valence electrons. The molecule has 0 bridgehead atoms. The fourth-order valence-electron chi connectivity index (χ4n) is 1.75. The lowest BCUT2D eigenvalue weighted by atomic mass is 10.0. The first kappa shape index (κ1) is 12.4. The number of nitrogens with zero attached hydrogens (tertiary/aromatic N) is 1. The number of hydrogen-bond acceptors (Lipinski definition) is 4. The SMILES string of the molecule is COc1ccc(-c2ccc(OC)c(CO)c2)cn1. The third-order valence-electron chi connectivity index (χ3n) is 2.73. The van der Waals surface area contributed by atoms with Gasteiger partial charge in [0.1, 0.15) is 5.75 Å². The fourth-order valence-corrected chi connectivity index (χ4v) is 1.75. The van der Waals surface area contributed by atoms with E-state index in [1.165, 1.54) is 0 Å². The van der Waals surface area contributed by atoms with Crippen molar-refractivity contribution >= 4 is 0 Å². The summed E-state index contributed by atoms with van der Waals surface area (Å²) in [5.74, 6) is 1.26. The van der Waals surface area contributed by atoms with Crippen LogP contribution in [0, 0.1) is 0 Å². The smallest absolute Gasteiger partial charge is 0.212 e. The van der Waals surface area contributed by atoms with Crippen molar-refractivity contribution in [3.05, 3.63) is 42.1 Å². The molecule has 0 spiro atoms. The summed E-state index contributed by atoms with van der Waals surface area (Å²) in [6.45, 7) is -0.0550. The molecule has 4 nitrogen and oxygen atoms in total. The molecule has 0 saturated heterocycles. The maximum absolute atomic E-state index is 9.29. The summed E-state index contributed by atoms with van der Waals surface area (Å²) in [6.07, 6.45) is 1.74. The van der Waals surface area contributed by atoms with E-state index in [4.69, 9.17) is 9.47 Å². The molecule has 2 rings (SSSR count). The number of hydrogen-bond donors (Lipinski definition) is 1. The molecule has 18 heavy (non-hydrogen) atoms. The highest BCUT2D eigenvalue weighted by Crippen LogP contribution is 2.26. The van der Waals surface area contributed by atoms with Crippen LogP contribution >= 0.6 is 0 Å². The van der Waals surface area contributed by atoms with Gasteiger partial charge < -0.3 is 14.6 Å². The molecular formula is C14H15NO3. The number of aliphatic hydroxyl groups excluding tert-OH is 1. The summed E-state index contributed by atoms with van der Waals surface area (Å²) >= 11 is 0. The number of pyridine rings is 1. The minimum atomic E-state index is -0.0550. The Balaban J connectivity index is 2.37. The largest absolute Gasteiger partial charge is 0.496 e. The molecule has 4 heteroatoms. The van der Waals surface area contributed by atoms with E-state index in [2.05, 4.69) is 4.98 Å². The molecule has 1 aromatic heterocycles. The average molecular weight is 245 g/mol. The Morgan fingerprint density at radius 3 is 2.39 bits per heavy atom. The van der Waals surface area contributed by atoms with E-state index in [9.17, 15) is 5.11 Å². The summed E-state index contributed by atoms with van der Waals surface area (Å²) in [5.41, 5.74) is 2.70. The van der Waals surface area contributed by atoms with E-state index in [0.717, 1.165) is 16.7 Å². The Bertz CT molecular complexity index is 523. The number of ether oxygens (including phenoxy) is 2. The van der Waals surface area contributed by atoms with Crippen LogP contribution in [-0.2, 0) is 6.61 Å². The number of methoxy groups -OCH3 is 2. The zero-order valence-electron chi connectivity index (χ0n) is 10.4. The van der Waals surface area contributed by atoms with Gasteiger partial charge in [-0.3, -0.25) is 0 Å². The highest BCUT2D eigenvalue weighted by atomic mass is 16.5. The third-order valence-corrected chi connectivity index (χ3v) is 2.73. The Morgan fingerprint density at radius 2 is 1.83 bits per heavy atom. The molecule has 0 aliphatic carbocycles. The molecule has 0 fully saturated rings. The van der Waals surface area contributed by atoms with Gasteiger partial charge in [0.05, 0.1) is 20.8 Å². The summed E-state index contributed by atoms with van der Waals surface area (Å²) in [4.78, 5) is 4.16. The lowest BCUT2D eigenvalue weighted by Gasteiger charge is -2.09. The quantitative estimate of drug-likeness (QED) is 0.897. The molecule has 0 aliphatic heterocycles. The number of aromatic nitrogens is 1. The second-order valence-corrected chi connectivity index (χ2v) is 3.77. The van der Waals surface area contributed by atoms with Gasteiger partial charge in [0.15, 0.2) is 0 Å².